The molecule has 1 aliphatic rings. The predicted octanol–water partition coefficient (Wildman–Crippen LogP) is 2.26. The number of ketones is 1. The maximum atomic E-state index is 13.1. The summed E-state index contributed by atoms with van der Waals surface area (Å²) in [4.78, 5) is 14.3. The van der Waals surface area contributed by atoms with E-state index in [1.54, 1.807) is 0 Å². The lowest BCUT2D eigenvalue weighted by Crippen LogP contribution is -2.48. The number of rotatable bonds is 3. The van der Waals surface area contributed by atoms with Crippen molar-refractivity contribution in [2.75, 3.05) is 19.7 Å². The summed E-state index contributed by atoms with van der Waals surface area (Å²) in [5.41, 5.74) is 0.148. The first kappa shape index (κ1) is 14.1. The Morgan fingerprint density at radius 3 is 2.74 bits per heavy atom. The van der Waals surface area contributed by atoms with Crippen LogP contribution in [0.3, 0.4) is 0 Å². The molecule has 2 rings (SSSR count). The van der Waals surface area contributed by atoms with Crippen LogP contribution in [0.15, 0.2) is 18.2 Å². The van der Waals surface area contributed by atoms with Crippen molar-refractivity contribution in [2.24, 2.45) is 0 Å². The molecule has 1 saturated heterocycles. The van der Waals surface area contributed by atoms with Crippen molar-refractivity contribution in [3.05, 3.63) is 35.4 Å². The highest BCUT2D eigenvalue weighted by Crippen LogP contribution is 2.16. The molecule has 0 radical (unpaired) electrons. The largest absolute Gasteiger partial charge is 0.367 e. The van der Waals surface area contributed by atoms with E-state index in [0.717, 1.165) is 18.7 Å². The van der Waals surface area contributed by atoms with Crippen LogP contribution in [0.1, 0.15) is 24.2 Å². The van der Waals surface area contributed by atoms with E-state index in [2.05, 4.69) is 4.90 Å². The van der Waals surface area contributed by atoms with E-state index in [1.807, 2.05) is 13.8 Å². The molecule has 1 fully saturated rings. The van der Waals surface area contributed by atoms with Crippen LogP contribution in [-0.2, 0) is 4.74 Å². The maximum Gasteiger partial charge on any atom is 0.192 e. The van der Waals surface area contributed by atoms with Gasteiger partial charge in [0.1, 0.15) is 6.10 Å². The molecular formula is C14H17F2NO2. The smallest absolute Gasteiger partial charge is 0.192 e. The van der Waals surface area contributed by atoms with Gasteiger partial charge < -0.3 is 4.74 Å². The number of carbonyl (C=O) groups is 1. The van der Waals surface area contributed by atoms with Gasteiger partial charge in [-0.1, -0.05) is 0 Å². The van der Waals surface area contributed by atoms with Crippen molar-refractivity contribution in [1.82, 2.24) is 4.90 Å². The minimum absolute atomic E-state index is 0.148. The molecule has 0 aliphatic carbocycles. The van der Waals surface area contributed by atoms with Crippen molar-refractivity contribution >= 4 is 5.78 Å². The van der Waals surface area contributed by atoms with Crippen molar-refractivity contribution < 1.29 is 18.3 Å². The fourth-order valence-electron chi connectivity index (χ4n) is 2.13. The van der Waals surface area contributed by atoms with E-state index in [4.69, 9.17) is 4.74 Å². The molecule has 1 aliphatic heterocycles. The summed E-state index contributed by atoms with van der Waals surface area (Å²) >= 11 is 0. The van der Waals surface area contributed by atoms with Crippen LogP contribution in [-0.4, -0.2) is 42.5 Å². The van der Waals surface area contributed by atoms with E-state index in [9.17, 15) is 13.6 Å². The molecule has 3 nitrogen and oxygen atoms in total. The Hall–Kier alpha value is -1.33. The number of nitrogens with zero attached hydrogens (tertiary/aromatic N) is 1. The zero-order valence-corrected chi connectivity index (χ0v) is 11.0. The van der Waals surface area contributed by atoms with Gasteiger partial charge in [-0.15, -0.1) is 0 Å². The summed E-state index contributed by atoms with van der Waals surface area (Å²) in [7, 11) is 0. The first-order valence-electron chi connectivity index (χ1n) is 6.34. The molecule has 1 heterocycles. The minimum atomic E-state index is -1.01. The Labute approximate surface area is 111 Å². The van der Waals surface area contributed by atoms with Crippen molar-refractivity contribution in [2.45, 2.75) is 26.0 Å². The van der Waals surface area contributed by atoms with Crippen molar-refractivity contribution in [1.29, 1.82) is 0 Å². The molecule has 1 aromatic carbocycles. The molecular weight excluding hydrogens is 252 g/mol. The molecule has 104 valence electrons. The summed E-state index contributed by atoms with van der Waals surface area (Å²) in [6, 6.07) is 3.50. The zero-order chi connectivity index (χ0) is 14.0. The second kappa shape index (κ2) is 5.75. The lowest BCUT2D eigenvalue weighted by molar-refractivity contribution is -0.0256. The highest BCUT2D eigenvalue weighted by atomic mass is 19.2. The first-order chi connectivity index (χ1) is 8.99. The van der Waals surface area contributed by atoms with Gasteiger partial charge in [0.05, 0.1) is 6.61 Å². The number of hydrogen-bond acceptors (Lipinski definition) is 3. The number of carbonyl (C=O) groups excluding carboxylic acids is 1. The Morgan fingerprint density at radius 1 is 1.37 bits per heavy atom. The summed E-state index contributed by atoms with van der Waals surface area (Å²) in [6.07, 6.45) is -0.610. The van der Waals surface area contributed by atoms with Gasteiger partial charge in [-0.2, -0.15) is 0 Å². The van der Waals surface area contributed by atoms with Gasteiger partial charge >= 0.3 is 0 Å². The molecule has 5 heteroatoms. The lowest BCUT2D eigenvalue weighted by atomic mass is 10.0. The Balaban J connectivity index is 2.12. The van der Waals surface area contributed by atoms with Crippen LogP contribution in [0.25, 0.3) is 0 Å². The van der Waals surface area contributed by atoms with Gasteiger partial charge in [0.15, 0.2) is 17.4 Å². The topological polar surface area (TPSA) is 29.5 Å². The highest BCUT2D eigenvalue weighted by molar-refractivity contribution is 5.99. The summed E-state index contributed by atoms with van der Waals surface area (Å²) in [5.74, 6) is -2.27. The molecule has 0 saturated carbocycles. The standard InChI is InChI=1S/C14H17F2NO2/c1-9(2)17-5-6-19-13(8-17)14(18)10-3-4-11(15)12(16)7-10/h3-4,7,9,13H,5-6,8H2,1-2H3. The van der Waals surface area contributed by atoms with Gasteiger partial charge in [-0.05, 0) is 32.0 Å². The van der Waals surface area contributed by atoms with Gasteiger partial charge in [0.2, 0.25) is 0 Å². The number of benzene rings is 1. The number of morpholine rings is 1. The third-order valence-corrected chi connectivity index (χ3v) is 3.32. The van der Waals surface area contributed by atoms with E-state index >= 15 is 0 Å². The average Bonchev–Trinajstić information content (AvgIpc) is 2.41. The molecule has 0 N–H and O–H groups in total. The van der Waals surface area contributed by atoms with Gasteiger partial charge in [0.25, 0.3) is 0 Å². The van der Waals surface area contributed by atoms with Crippen LogP contribution in [0.2, 0.25) is 0 Å². The first-order valence-corrected chi connectivity index (χ1v) is 6.34. The molecule has 1 aromatic rings. The van der Waals surface area contributed by atoms with Crippen LogP contribution in [0.4, 0.5) is 8.78 Å². The molecule has 0 aromatic heterocycles. The van der Waals surface area contributed by atoms with Gasteiger partial charge in [-0.3, -0.25) is 9.69 Å². The Kier molecular flexibility index (Phi) is 4.27. The fraction of sp³-hybridized carbons (Fsp3) is 0.500. The number of ether oxygens (including phenoxy) is 1. The number of hydrogen-bond donors (Lipinski definition) is 0. The van der Waals surface area contributed by atoms with Crippen molar-refractivity contribution in [3.8, 4) is 0 Å². The molecule has 0 amide bonds. The van der Waals surface area contributed by atoms with E-state index < -0.39 is 17.7 Å². The van der Waals surface area contributed by atoms with E-state index in [1.165, 1.54) is 6.07 Å². The van der Waals surface area contributed by atoms with Crippen LogP contribution < -0.4 is 0 Å². The summed E-state index contributed by atoms with van der Waals surface area (Å²) in [5, 5.41) is 0. The Morgan fingerprint density at radius 2 is 2.11 bits per heavy atom. The third kappa shape index (κ3) is 3.16. The molecule has 1 atom stereocenters. The minimum Gasteiger partial charge on any atom is -0.367 e. The van der Waals surface area contributed by atoms with Crippen LogP contribution in [0, 0.1) is 11.6 Å². The number of Topliss-reactive ketones (excluding diaryl/α,β-unsaturated/α-hetero) is 1. The van der Waals surface area contributed by atoms with Gasteiger partial charge in [-0.25, -0.2) is 8.78 Å². The normalized spacial score (nSPS) is 20.8. The SMILES string of the molecule is CC(C)N1CCOC(C(=O)c2ccc(F)c(F)c2)C1. The third-order valence-electron chi connectivity index (χ3n) is 3.32. The monoisotopic (exact) mass is 269 g/mol. The fourth-order valence-corrected chi connectivity index (χ4v) is 2.13. The average molecular weight is 269 g/mol. The molecule has 0 spiro atoms. The van der Waals surface area contributed by atoms with E-state index in [0.29, 0.717) is 19.2 Å². The van der Waals surface area contributed by atoms with Crippen LogP contribution >= 0.6 is 0 Å². The van der Waals surface area contributed by atoms with Crippen LogP contribution in [0.5, 0.6) is 0 Å². The quantitative estimate of drug-likeness (QED) is 0.788. The second-order valence-electron chi connectivity index (χ2n) is 4.94. The molecule has 1 unspecified atom stereocenters. The summed E-state index contributed by atoms with van der Waals surface area (Å²) in [6.45, 7) is 5.82. The highest BCUT2D eigenvalue weighted by Gasteiger charge is 2.28. The van der Waals surface area contributed by atoms with E-state index in [-0.39, 0.29) is 11.3 Å². The zero-order valence-electron chi connectivity index (χ0n) is 11.0. The van der Waals surface area contributed by atoms with Gasteiger partial charge in [0, 0.05) is 24.7 Å². The van der Waals surface area contributed by atoms with Crippen molar-refractivity contribution in [3.63, 3.8) is 0 Å². The number of halogens is 2. The lowest BCUT2D eigenvalue weighted by Gasteiger charge is -2.34. The molecule has 0 bridgehead atoms. The molecule has 19 heavy (non-hydrogen) atoms. The Bertz CT molecular complexity index is 477. The summed E-state index contributed by atoms with van der Waals surface area (Å²) < 4.78 is 31.4. The maximum absolute atomic E-state index is 13.1. The second-order valence-corrected chi connectivity index (χ2v) is 4.94. The predicted molar refractivity (Wildman–Crippen MR) is 67.1 cm³/mol.